The van der Waals surface area contributed by atoms with Crippen molar-refractivity contribution in [2.24, 2.45) is 0 Å². The Morgan fingerprint density at radius 1 is 1.25 bits per heavy atom. The number of nitriles is 1. The summed E-state index contributed by atoms with van der Waals surface area (Å²) in [6, 6.07) is 7.99. The van der Waals surface area contributed by atoms with Crippen molar-refractivity contribution >= 4 is 10.9 Å². The Balaban J connectivity index is 2.89. The minimum Gasteiger partial charge on any atom is -0.480 e. The molecule has 3 heteroatoms. The number of hydrogen-bond donors (Lipinski definition) is 0. The predicted octanol–water partition coefficient (Wildman–Crippen LogP) is 2.73. The first-order chi connectivity index (χ1) is 7.67. The molecule has 0 saturated heterocycles. The van der Waals surface area contributed by atoms with E-state index in [0.29, 0.717) is 11.4 Å². The lowest BCUT2D eigenvalue weighted by atomic mass is 10.0. The number of benzene rings is 1. The van der Waals surface area contributed by atoms with Gasteiger partial charge in [0.15, 0.2) is 0 Å². The molecule has 3 nitrogen and oxygen atoms in total. The first-order valence-corrected chi connectivity index (χ1v) is 5.02. The Hall–Kier alpha value is -2.08. The third kappa shape index (κ3) is 1.49. The topological polar surface area (TPSA) is 45.9 Å². The average Bonchev–Trinajstić information content (AvgIpc) is 2.32. The van der Waals surface area contributed by atoms with Gasteiger partial charge in [-0.15, -0.1) is 0 Å². The van der Waals surface area contributed by atoms with Crippen LogP contribution in [0.5, 0.6) is 5.88 Å². The highest BCUT2D eigenvalue weighted by atomic mass is 16.5. The number of rotatable bonds is 1. The van der Waals surface area contributed by atoms with E-state index in [1.54, 1.807) is 0 Å². The number of methoxy groups -OCH3 is 1. The van der Waals surface area contributed by atoms with Crippen molar-refractivity contribution in [3.8, 4) is 11.9 Å². The van der Waals surface area contributed by atoms with E-state index in [1.807, 2.05) is 32.0 Å². The molecule has 0 saturated carbocycles. The maximum atomic E-state index is 9.00. The summed E-state index contributed by atoms with van der Waals surface area (Å²) in [6.45, 7) is 4.01. The molecule has 0 bridgehead atoms. The number of ether oxygens (including phenoxy) is 1. The zero-order chi connectivity index (χ0) is 11.7. The normalized spacial score (nSPS) is 10.1. The maximum Gasteiger partial charge on any atom is 0.231 e. The summed E-state index contributed by atoms with van der Waals surface area (Å²) >= 11 is 0. The van der Waals surface area contributed by atoms with Crippen molar-refractivity contribution in [2.75, 3.05) is 7.11 Å². The van der Waals surface area contributed by atoms with Crippen molar-refractivity contribution in [1.82, 2.24) is 4.98 Å². The van der Waals surface area contributed by atoms with Crippen molar-refractivity contribution in [3.05, 3.63) is 34.9 Å². The van der Waals surface area contributed by atoms with E-state index in [-0.39, 0.29) is 0 Å². The van der Waals surface area contributed by atoms with Gasteiger partial charge < -0.3 is 4.74 Å². The molecular weight excluding hydrogens is 200 g/mol. The zero-order valence-electron chi connectivity index (χ0n) is 9.53. The van der Waals surface area contributed by atoms with E-state index >= 15 is 0 Å². The minimum absolute atomic E-state index is 0.392. The molecule has 80 valence electrons. The highest BCUT2D eigenvalue weighted by Gasteiger charge is 2.09. The summed E-state index contributed by atoms with van der Waals surface area (Å²) < 4.78 is 5.11. The van der Waals surface area contributed by atoms with E-state index in [0.717, 1.165) is 22.0 Å². The molecule has 1 heterocycles. The fraction of sp³-hybridized carbons (Fsp3) is 0.231. The monoisotopic (exact) mass is 212 g/mol. The first-order valence-electron chi connectivity index (χ1n) is 5.02. The molecular formula is C13H12N2O. The lowest BCUT2D eigenvalue weighted by Gasteiger charge is -2.08. The zero-order valence-corrected chi connectivity index (χ0v) is 9.53. The molecule has 2 aromatic rings. The van der Waals surface area contributed by atoms with Gasteiger partial charge in [0.25, 0.3) is 0 Å². The molecule has 1 aromatic heterocycles. The Labute approximate surface area is 94.3 Å². The second kappa shape index (κ2) is 3.82. The number of nitrogens with zero attached hydrogens (tertiary/aromatic N) is 2. The van der Waals surface area contributed by atoms with E-state index in [4.69, 9.17) is 10.00 Å². The van der Waals surface area contributed by atoms with Crippen LogP contribution in [-0.2, 0) is 0 Å². The highest BCUT2D eigenvalue weighted by Crippen LogP contribution is 2.26. The molecule has 0 unspecified atom stereocenters. The van der Waals surface area contributed by atoms with Crippen LogP contribution < -0.4 is 4.74 Å². The average molecular weight is 212 g/mol. The largest absolute Gasteiger partial charge is 0.480 e. The molecule has 0 radical (unpaired) electrons. The van der Waals surface area contributed by atoms with E-state index < -0.39 is 0 Å². The Kier molecular flexibility index (Phi) is 2.49. The van der Waals surface area contributed by atoms with Crippen LogP contribution in [0.1, 0.15) is 16.7 Å². The van der Waals surface area contributed by atoms with Gasteiger partial charge in [-0.3, -0.25) is 0 Å². The molecule has 0 atom stereocenters. The molecule has 16 heavy (non-hydrogen) atoms. The van der Waals surface area contributed by atoms with Crippen LogP contribution in [0.15, 0.2) is 18.2 Å². The summed E-state index contributed by atoms with van der Waals surface area (Å²) in [5.41, 5.74) is 3.58. The fourth-order valence-electron chi connectivity index (χ4n) is 1.75. The second-order valence-corrected chi connectivity index (χ2v) is 3.75. The van der Waals surface area contributed by atoms with Crippen LogP contribution in [0.25, 0.3) is 10.9 Å². The summed E-state index contributed by atoms with van der Waals surface area (Å²) in [4.78, 5) is 4.38. The molecule has 2 rings (SSSR count). The van der Waals surface area contributed by atoms with Gasteiger partial charge in [0.05, 0.1) is 12.6 Å². The van der Waals surface area contributed by atoms with E-state index in [9.17, 15) is 0 Å². The summed E-state index contributed by atoms with van der Waals surface area (Å²) in [7, 11) is 1.53. The van der Waals surface area contributed by atoms with Crippen LogP contribution >= 0.6 is 0 Å². The number of fused-ring (bicyclic) bond motifs is 1. The van der Waals surface area contributed by atoms with E-state index in [1.165, 1.54) is 7.11 Å². The van der Waals surface area contributed by atoms with Gasteiger partial charge in [-0.2, -0.15) is 5.26 Å². The fourth-order valence-corrected chi connectivity index (χ4v) is 1.75. The van der Waals surface area contributed by atoms with Gasteiger partial charge in [-0.25, -0.2) is 4.98 Å². The molecule has 0 aliphatic rings. The predicted molar refractivity (Wildman–Crippen MR) is 62.5 cm³/mol. The van der Waals surface area contributed by atoms with Crippen molar-refractivity contribution in [2.45, 2.75) is 13.8 Å². The van der Waals surface area contributed by atoms with Gasteiger partial charge in [0.1, 0.15) is 11.6 Å². The third-order valence-corrected chi connectivity index (χ3v) is 2.68. The van der Waals surface area contributed by atoms with Gasteiger partial charge in [0, 0.05) is 5.39 Å². The van der Waals surface area contributed by atoms with Gasteiger partial charge in [-0.1, -0.05) is 12.1 Å². The lowest BCUT2D eigenvalue weighted by Crippen LogP contribution is -1.95. The second-order valence-electron chi connectivity index (χ2n) is 3.75. The molecule has 0 aliphatic heterocycles. The van der Waals surface area contributed by atoms with Crippen molar-refractivity contribution in [1.29, 1.82) is 5.26 Å². The Bertz CT molecular complexity index is 597. The third-order valence-electron chi connectivity index (χ3n) is 2.68. The summed E-state index contributed by atoms with van der Waals surface area (Å²) in [5.74, 6) is 0.392. The van der Waals surface area contributed by atoms with Crippen LogP contribution in [-0.4, -0.2) is 12.1 Å². The number of pyridine rings is 1. The lowest BCUT2D eigenvalue weighted by molar-refractivity contribution is 0.398. The summed E-state index contributed by atoms with van der Waals surface area (Å²) in [6.07, 6.45) is 0. The smallest absolute Gasteiger partial charge is 0.231 e. The number of aryl methyl sites for hydroxylation is 2. The SMILES string of the molecule is COc1nc2c(C)ccc(C)c2cc1C#N. The number of hydrogen-bond acceptors (Lipinski definition) is 3. The summed E-state index contributed by atoms with van der Waals surface area (Å²) in [5, 5.41) is 10.0. The molecule has 0 fully saturated rings. The quantitative estimate of drug-likeness (QED) is 0.730. The Morgan fingerprint density at radius 3 is 2.56 bits per heavy atom. The molecule has 0 amide bonds. The van der Waals surface area contributed by atoms with Gasteiger partial charge >= 0.3 is 0 Å². The van der Waals surface area contributed by atoms with Crippen LogP contribution in [0, 0.1) is 25.2 Å². The maximum absolute atomic E-state index is 9.00. The van der Waals surface area contributed by atoms with E-state index in [2.05, 4.69) is 11.1 Å². The number of aromatic nitrogens is 1. The molecule has 1 aromatic carbocycles. The van der Waals surface area contributed by atoms with Crippen LogP contribution in [0.2, 0.25) is 0 Å². The van der Waals surface area contributed by atoms with Crippen LogP contribution in [0.4, 0.5) is 0 Å². The Morgan fingerprint density at radius 2 is 1.94 bits per heavy atom. The molecule has 0 spiro atoms. The molecule has 0 aliphatic carbocycles. The van der Waals surface area contributed by atoms with Gasteiger partial charge in [0.2, 0.25) is 5.88 Å². The van der Waals surface area contributed by atoms with Crippen LogP contribution in [0.3, 0.4) is 0 Å². The van der Waals surface area contributed by atoms with Gasteiger partial charge in [-0.05, 0) is 31.0 Å². The first kappa shape index (κ1) is 10.4. The minimum atomic E-state index is 0.392. The van der Waals surface area contributed by atoms with Crippen molar-refractivity contribution < 1.29 is 4.74 Å². The van der Waals surface area contributed by atoms with Crippen molar-refractivity contribution in [3.63, 3.8) is 0 Å². The highest BCUT2D eigenvalue weighted by molar-refractivity contribution is 5.86. The molecule has 0 N–H and O–H groups in total. The standard InChI is InChI=1S/C13H12N2O/c1-8-4-5-9(2)12-11(8)6-10(7-14)13(15-12)16-3/h4-6H,1-3H3.